The summed E-state index contributed by atoms with van der Waals surface area (Å²) in [4.78, 5) is 18.9. The molecule has 0 saturated carbocycles. The highest BCUT2D eigenvalue weighted by molar-refractivity contribution is 5.92. The second kappa shape index (κ2) is 5.33. The monoisotopic (exact) mass is 289 g/mol. The third-order valence-electron chi connectivity index (χ3n) is 3.97. The zero-order valence-electron chi connectivity index (χ0n) is 12.5. The summed E-state index contributed by atoms with van der Waals surface area (Å²) in [5, 5.41) is 4.06. The molecule has 0 aliphatic carbocycles. The molecule has 7 heteroatoms. The minimum absolute atomic E-state index is 0.00922. The summed E-state index contributed by atoms with van der Waals surface area (Å²) < 4.78 is 8.93. The second-order valence-electron chi connectivity index (χ2n) is 5.21. The maximum Gasteiger partial charge on any atom is 0.272 e. The lowest BCUT2D eigenvalue weighted by Gasteiger charge is -2.34. The topological polar surface area (TPSA) is 65.2 Å². The molecule has 112 valence electrons. The molecule has 0 bridgehead atoms. The molecule has 2 aromatic heterocycles. The molecule has 1 atom stereocenters. The molecule has 0 radical (unpaired) electrons. The van der Waals surface area contributed by atoms with Crippen LogP contribution in [0.3, 0.4) is 0 Å². The molecule has 0 spiro atoms. The zero-order chi connectivity index (χ0) is 15.0. The first-order chi connectivity index (χ1) is 10.1. The van der Waals surface area contributed by atoms with Crippen LogP contribution in [0.2, 0.25) is 0 Å². The van der Waals surface area contributed by atoms with E-state index in [0.29, 0.717) is 18.8 Å². The smallest absolute Gasteiger partial charge is 0.272 e. The van der Waals surface area contributed by atoms with Gasteiger partial charge in [0.15, 0.2) is 0 Å². The van der Waals surface area contributed by atoms with Crippen LogP contribution in [0.5, 0.6) is 0 Å². The summed E-state index contributed by atoms with van der Waals surface area (Å²) in [6.45, 7) is 3.94. The molecule has 21 heavy (non-hydrogen) atoms. The van der Waals surface area contributed by atoms with Gasteiger partial charge in [0.05, 0.1) is 24.5 Å². The van der Waals surface area contributed by atoms with E-state index < -0.39 is 0 Å². The Hall–Kier alpha value is -2.15. The molecule has 0 N–H and O–H groups in total. The Morgan fingerprint density at radius 2 is 2.29 bits per heavy atom. The first-order valence-electron chi connectivity index (χ1n) is 6.95. The number of ether oxygens (including phenoxy) is 1. The number of hydrogen-bond acceptors (Lipinski definition) is 4. The number of imidazole rings is 1. The fourth-order valence-corrected chi connectivity index (χ4v) is 2.83. The Balaban J connectivity index is 1.87. The van der Waals surface area contributed by atoms with Crippen LogP contribution in [-0.4, -0.2) is 43.8 Å². The van der Waals surface area contributed by atoms with Gasteiger partial charge >= 0.3 is 0 Å². The highest BCUT2D eigenvalue weighted by Crippen LogP contribution is 2.26. The van der Waals surface area contributed by atoms with E-state index in [-0.39, 0.29) is 11.9 Å². The molecule has 7 nitrogen and oxygen atoms in total. The molecule has 0 unspecified atom stereocenters. The summed E-state index contributed by atoms with van der Waals surface area (Å²) in [6.07, 6.45) is 3.47. The van der Waals surface area contributed by atoms with E-state index in [1.54, 1.807) is 31.1 Å². The lowest BCUT2D eigenvalue weighted by Crippen LogP contribution is -2.42. The van der Waals surface area contributed by atoms with Crippen LogP contribution in [0.25, 0.3) is 0 Å². The Morgan fingerprint density at radius 3 is 2.95 bits per heavy atom. The predicted octanol–water partition coefficient (Wildman–Crippen LogP) is 0.980. The number of methoxy groups -OCH3 is 1. The Morgan fingerprint density at radius 1 is 1.48 bits per heavy atom. The fourth-order valence-electron chi connectivity index (χ4n) is 2.83. The Labute approximate surface area is 123 Å². The molecule has 1 amide bonds. The van der Waals surface area contributed by atoms with E-state index in [0.717, 1.165) is 18.1 Å². The zero-order valence-corrected chi connectivity index (χ0v) is 12.5. The number of fused-ring (bicyclic) bond motifs is 1. The second-order valence-corrected chi connectivity index (χ2v) is 5.21. The van der Waals surface area contributed by atoms with Crippen LogP contribution in [-0.2, 0) is 24.9 Å². The van der Waals surface area contributed by atoms with Gasteiger partial charge in [-0.15, -0.1) is 0 Å². The summed E-state index contributed by atoms with van der Waals surface area (Å²) in [5.74, 6) is 0.897. The van der Waals surface area contributed by atoms with Crippen molar-refractivity contribution >= 4 is 5.91 Å². The number of rotatable bonds is 3. The lowest BCUT2D eigenvalue weighted by molar-refractivity contribution is 0.0621. The predicted molar refractivity (Wildman–Crippen MR) is 75.6 cm³/mol. The van der Waals surface area contributed by atoms with Crippen molar-refractivity contribution < 1.29 is 9.53 Å². The Kier molecular flexibility index (Phi) is 3.50. The van der Waals surface area contributed by atoms with Gasteiger partial charge in [0, 0.05) is 33.4 Å². The van der Waals surface area contributed by atoms with Gasteiger partial charge in [-0.3, -0.25) is 9.48 Å². The summed E-state index contributed by atoms with van der Waals surface area (Å²) in [7, 11) is 3.45. The summed E-state index contributed by atoms with van der Waals surface area (Å²) >= 11 is 0. The molecule has 0 aromatic carbocycles. The van der Waals surface area contributed by atoms with Crippen LogP contribution in [0.1, 0.15) is 35.0 Å². The van der Waals surface area contributed by atoms with Gasteiger partial charge in [0.1, 0.15) is 11.5 Å². The van der Waals surface area contributed by atoms with E-state index in [4.69, 9.17) is 4.74 Å². The minimum atomic E-state index is -0.0632. The molecule has 2 aromatic rings. The summed E-state index contributed by atoms with van der Waals surface area (Å²) in [6, 6.07) is 1.68. The lowest BCUT2D eigenvalue weighted by atomic mass is 10.2. The standard InChI is InChI=1S/C14H19N5O2/c1-10-13-15-8-11(9-21-3)19(13)7-6-18(10)14(20)12-4-5-16-17(12)2/h4-5,8,10H,6-7,9H2,1-3H3/t10-/m1/s1. The first kappa shape index (κ1) is 13.8. The molecule has 0 fully saturated rings. The number of carbonyl (C=O) groups excluding carboxylic acids is 1. The summed E-state index contributed by atoms with van der Waals surface area (Å²) in [5.41, 5.74) is 1.64. The van der Waals surface area contributed by atoms with Gasteiger partial charge in [-0.1, -0.05) is 0 Å². The normalized spacial score (nSPS) is 17.9. The highest BCUT2D eigenvalue weighted by atomic mass is 16.5. The average Bonchev–Trinajstić information content (AvgIpc) is 3.06. The van der Waals surface area contributed by atoms with Crippen molar-refractivity contribution in [2.45, 2.75) is 26.1 Å². The number of hydrogen-bond donors (Lipinski definition) is 0. The molecule has 1 aliphatic heterocycles. The van der Waals surface area contributed by atoms with E-state index >= 15 is 0 Å². The van der Waals surface area contributed by atoms with E-state index in [9.17, 15) is 4.79 Å². The maximum absolute atomic E-state index is 12.6. The Bertz CT molecular complexity index is 660. The number of aromatic nitrogens is 4. The van der Waals surface area contributed by atoms with Crippen molar-refractivity contribution in [2.75, 3.05) is 13.7 Å². The highest BCUT2D eigenvalue weighted by Gasteiger charge is 2.31. The number of aryl methyl sites for hydroxylation is 1. The number of carbonyl (C=O) groups is 1. The minimum Gasteiger partial charge on any atom is -0.378 e. The van der Waals surface area contributed by atoms with Gasteiger partial charge in [-0.05, 0) is 13.0 Å². The van der Waals surface area contributed by atoms with E-state index in [2.05, 4.69) is 14.6 Å². The molecular weight excluding hydrogens is 270 g/mol. The van der Waals surface area contributed by atoms with E-state index in [1.165, 1.54) is 0 Å². The van der Waals surface area contributed by atoms with Gasteiger partial charge in [0.25, 0.3) is 5.91 Å². The van der Waals surface area contributed by atoms with Crippen LogP contribution < -0.4 is 0 Å². The molecule has 3 rings (SSSR count). The van der Waals surface area contributed by atoms with Gasteiger partial charge < -0.3 is 14.2 Å². The largest absolute Gasteiger partial charge is 0.378 e. The fraction of sp³-hybridized carbons (Fsp3) is 0.500. The van der Waals surface area contributed by atoms with Crippen molar-refractivity contribution in [3.63, 3.8) is 0 Å². The van der Waals surface area contributed by atoms with Gasteiger partial charge in [-0.2, -0.15) is 5.10 Å². The third kappa shape index (κ3) is 2.23. The van der Waals surface area contributed by atoms with Crippen molar-refractivity contribution in [1.82, 2.24) is 24.2 Å². The van der Waals surface area contributed by atoms with Crippen molar-refractivity contribution in [2.24, 2.45) is 7.05 Å². The third-order valence-corrected chi connectivity index (χ3v) is 3.97. The molecule has 1 aliphatic rings. The average molecular weight is 289 g/mol. The van der Waals surface area contributed by atoms with Crippen molar-refractivity contribution in [1.29, 1.82) is 0 Å². The van der Waals surface area contributed by atoms with Crippen molar-refractivity contribution in [3.8, 4) is 0 Å². The number of nitrogens with zero attached hydrogens (tertiary/aromatic N) is 5. The molecular formula is C14H19N5O2. The number of amides is 1. The van der Waals surface area contributed by atoms with E-state index in [1.807, 2.05) is 18.0 Å². The van der Waals surface area contributed by atoms with Gasteiger partial charge in [-0.25, -0.2) is 4.98 Å². The van der Waals surface area contributed by atoms with Crippen LogP contribution in [0.4, 0.5) is 0 Å². The quantitative estimate of drug-likeness (QED) is 0.845. The van der Waals surface area contributed by atoms with Crippen LogP contribution >= 0.6 is 0 Å². The van der Waals surface area contributed by atoms with Crippen LogP contribution in [0, 0.1) is 0 Å². The molecule has 3 heterocycles. The first-order valence-corrected chi connectivity index (χ1v) is 6.95. The maximum atomic E-state index is 12.6. The van der Waals surface area contributed by atoms with Crippen molar-refractivity contribution in [3.05, 3.63) is 35.7 Å². The van der Waals surface area contributed by atoms with Gasteiger partial charge in [0.2, 0.25) is 0 Å². The molecule has 0 saturated heterocycles. The SMILES string of the molecule is COCc1cnc2n1CCN(C(=O)c1ccnn1C)[C@@H]2C. The van der Waals surface area contributed by atoms with Crippen LogP contribution in [0.15, 0.2) is 18.5 Å².